The van der Waals surface area contributed by atoms with Gasteiger partial charge in [0.05, 0.1) is 6.20 Å². The van der Waals surface area contributed by atoms with Gasteiger partial charge in [0.1, 0.15) is 5.69 Å². The monoisotopic (exact) mass is 175 g/mol. The van der Waals surface area contributed by atoms with Gasteiger partial charge in [0.15, 0.2) is 5.78 Å². The van der Waals surface area contributed by atoms with Crippen molar-refractivity contribution in [2.45, 2.75) is 13.3 Å². The average molecular weight is 175 g/mol. The van der Waals surface area contributed by atoms with Crippen molar-refractivity contribution in [3.8, 4) is 0 Å². The van der Waals surface area contributed by atoms with Crippen LogP contribution in [0.1, 0.15) is 23.8 Å². The molecule has 0 fully saturated rings. The second-order valence-corrected chi connectivity index (χ2v) is 2.71. The first-order valence-electron chi connectivity index (χ1n) is 4.14. The van der Waals surface area contributed by atoms with Crippen molar-refractivity contribution in [2.75, 3.05) is 0 Å². The Balaban J connectivity index is 2.64. The van der Waals surface area contributed by atoms with Gasteiger partial charge < -0.3 is 0 Å². The van der Waals surface area contributed by atoms with Crippen LogP contribution < -0.4 is 0 Å². The summed E-state index contributed by atoms with van der Waals surface area (Å²) in [5.41, 5.74) is 0.602. The van der Waals surface area contributed by atoms with Crippen LogP contribution in [0.5, 0.6) is 0 Å². The highest BCUT2D eigenvalue weighted by atomic mass is 16.1. The molecule has 0 amide bonds. The molecule has 4 heteroatoms. The number of hydrogen-bond donors (Lipinski definition) is 0. The summed E-state index contributed by atoms with van der Waals surface area (Å²) >= 11 is 0. The fraction of sp³-hybridized carbons (Fsp3) is 0.222. The second-order valence-electron chi connectivity index (χ2n) is 2.71. The lowest BCUT2D eigenvalue weighted by molar-refractivity contribution is 0.0982. The van der Waals surface area contributed by atoms with E-state index in [2.05, 4.69) is 9.97 Å². The minimum absolute atomic E-state index is 0.0838. The molecule has 13 heavy (non-hydrogen) atoms. The van der Waals surface area contributed by atoms with Crippen molar-refractivity contribution in [3.05, 3.63) is 30.4 Å². The van der Waals surface area contributed by atoms with Crippen molar-refractivity contribution in [2.24, 2.45) is 0 Å². The number of hydrogen-bond acceptors (Lipinski definition) is 3. The number of aromatic nitrogens is 3. The Morgan fingerprint density at radius 2 is 2.38 bits per heavy atom. The van der Waals surface area contributed by atoms with Crippen LogP contribution in [-0.4, -0.2) is 20.2 Å². The smallest absolute Gasteiger partial charge is 0.234 e. The van der Waals surface area contributed by atoms with Gasteiger partial charge in [-0.05, 0) is 6.07 Å². The van der Waals surface area contributed by atoms with Crippen molar-refractivity contribution in [1.29, 1.82) is 0 Å². The number of imidazole rings is 1. The van der Waals surface area contributed by atoms with Crippen LogP contribution in [0.15, 0.2) is 24.7 Å². The molecule has 66 valence electrons. The molecule has 0 aromatic carbocycles. The van der Waals surface area contributed by atoms with Crippen molar-refractivity contribution in [1.82, 2.24) is 14.4 Å². The standard InChI is InChI=1S/C9H9N3O/c1-2-8(13)7-6-11-9-10-4-3-5-12(7)9/h3-6H,2H2,1H3. The number of rotatable bonds is 2. The van der Waals surface area contributed by atoms with E-state index in [4.69, 9.17) is 0 Å². The summed E-state index contributed by atoms with van der Waals surface area (Å²) < 4.78 is 1.70. The van der Waals surface area contributed by atoms with E-state index in [0.29, 0.717) is 17.9 Å². The van der Waals surface area contributed by atoms with E-state index in [1.165, 1.54) is 0 Å². The highest BCUT2D eigenvalue weighted by Gasteiger charge is 2.09. The van der Waals surface area contributed by atoms with Gasteiger partial charge in [0, 0.05) is 18.8 Å². The first kappa shape index (κ1) is 7.91. The second kappa shape index (κ2) is 2.97. The van der Waals surface area contributed by atoms with Crippen LogP contribution in [0.2, 0.25) is 0 Å². The van der Waals surface area contributed by atoms with Gasteiger partial charge in [-0.3, -0.25) is 9.20 Å². The Labute approximate surface area is 75.2 Å². The summed E-state index contributed by atoms with van der Waals surface area (Å²) in [7, 11) is 0. The Morgan fingerprint density at radius 1 is 1.54 bits per heavy atom. The molecule has 0 radical (unpaired) electrons. The van der Waals surface area contributed by atoms with Gasteiger partial charge in [-0.2, -0.15) is 0 Å². The summed E-state index contributed by atoms with van der Waals surface area (Å²) in [4.78, 5) is 19.4. The Morgan fingerprint density at radius 3 is 3.15 bits per heavy atom. The molecular formula is C9H9N3O. The molecule has 0 spiro atoms. The number of carbonyl (C=O) groups is 1. The topological polar surface area (TPSA) is 47.3 Å². The zero-order chi connectivity index (χ0) is 9.26. The number of nitrogens with zero attached hydrogens (tertiary/aromatic N) is 3. The van der Waals surface area contributed by atoms with Gasteiger partial charge in [0.2, 0.25) is 5.78 Å². The van der Waals surface area contributed by atoms with Gasteiger partial charge in [-0.25, -0.2) is 9.97 Å². The molecule has 0 bridgehead atoms. The molecule has 0 aliphatic heterocycles. The maximum absolute atomic E-state index is 11.4. The van der Waals surface area contributed by atoms with Gasteiger partial charge in [-0.15, -0.1) is 0 Å². The van der Waals surface area contributed by atoms with E-state index >= 15 is 0 Å². The average Bonchev–Trinajstić information content (AvgIpc) is 2.60. The van der Waals surface area contributed by atoms with Gasteiger partial charge >= 0.3 is 0 Å². The summed E-state index contributed by atoms with van der Waals surface area (Å²) in [6, 6.07) is 1.78. The molecule has 0 saturated carbocycles. The van der Waals surface area contributed by atoms with Crippen LogP contribution in [-0.2, 0) is 0 Å². The van der Waals surface area contributed by atoms with Crippen molar-refractivity contribution < 1.29 is 4.79 Å². The molecule has 0 N–H and O–H groups in total. The largest absolute Gasteiger partial charge is 0.292 e. The minimum atomic E-state index is 0.0838. The van der Waals surface area contributed by atoms with E-state index in [-0.39, 0.29) is 5.78 Å². The zero-order valence-electron chi connectivity index (χ0n) is 7.27. The molecule has 0 saturated heterocycles. The van der Waals surface area contributed by atoms with Crippen LogP contribution in [0.3, 0.4) is 0 Å². The molecule has 0 atom stereocenters. The Bertz CT molecular complexity index is 447. The predicted octanol–water partition coefficient (Wildman–Crippen LogP) is 1.32. The van der Waals surface area contributed by atoms with E-state index in [9.17, 15) is 4.79 Å². The number of ketones is 1. The number of fused-ring (bicyclic) bond motifs is 1. The number of Topliss-reactive ketones (excluding diaryl/α,β-unsaturated/α-hetero) is 1. The van der Waals surface area contributed by atoms with E-state index in [0.717, 1.165) is 0 Å². The lowest BCUT2D eigenvalue weighted by Crippen LogP contribution is -2.01. The Hall–Kier alpha value is -1.71. The molecular weight excluding hydrogens is 166 g/mol. The summed E-state index contributed by atoms with van der Waals surface area (Å²) in [5, 5.41) is 0. The minimum Gasteiger partial charge on any atom is -0.292 e. The van der Waals surface area contributed by atoms with Crippen LogP contribution in [0, 0.1) is 0 Å². The lowest BCUT2D eigenvalue weighted by Gasteiger charge is -1.96. The van der Waals surface area contributed by atoms with Gasteiger partial charge in [0.25, 0.3) is 0 Å². The molecule has 2 rings (SSSR count). The van der Waals surface area contributed by atoms with Crippen LogP contribution in [0.4, 0.5) is 0 Å². The van der Waals surface area contributed by atoms with E-state index < -0.39 is 0 Å². The van der Waals surface area contributed by atoms with Crippen molar-refractivity contribution >= 4 is 11.6 Å². The highest BCUT2D eigenvalue weighted by Crippen LogP contribution is 2.05. The summed E-state index contributed by atoms with van der Waals surface area (Å²) in [6.45, 7) is 1.83. The quantitative estimate of drug-likeness (QED) is 0.647. The fourth-order valence-electron chi connectivity index (χ4n) is 1.22. The summed E-state index contributed by atoms with van der Waals surface area (Å²) in [6.07, 6.45) is 5.50. The fourth-order valence-corrected chi connectivity index (χ4v) is 1.22. The zero-order valence-corrected chi connectivity index (χ0v) is 7.27. The molecule has 2 aromatic rings. The molecule has 2 heterocycles. The molecule has 0 aliphatic carbocycles. The third kappa shape index (κ3) is 1.20. The lowest BCUT2D eigenvalue weighted by atomic mass is 10.2. The molecule has 4 nitrogen and oxygen atoms in total. The normalized spacial score (nSPS) is 10.5. The van der Waals surface area contributed by atoms with E-state index in [1.54, 1.807) is 29.1 Å². The predicted molar refractivity (Wildman–Crippen MR) is 47.6 cm³/mol. The maximum atomic E-state index is 11.4. The summed E-state index contributed by atoms with van der Waals surface area (Å²) in [5.74, 6) is 0.653. The first-order chi connectivity index (χ1) is 6.33. The highest BCUT2D eigenvalue weighted by molar-refractivity contribution is 5.94. The number of carbonyl (C=O) groups excluding carboxylic acids is 1. The third-order valence-corrected chi connectivity index (χ3v) is 1.90. The van der Waals surface area contributed by atoms with Crippen molar-refractivity contribution in [3.63, 3.8) is 0 Å². The third-order valence-electron chi connectivity index (χ3n) is 1.90. The Kier molecular flexibility index (Phi) is 1.81. The van der Waals surface area contributed by atoms with Crippen LogP contribution >= 0.6 is 0 Å². The molecule has 0 unspecified atom stereocenters. The van der Waals surface area contributed by atoms with E-state index in [1.807, 2.05) is 6.92 Å². The first-order valence-corrected chi connectivity index (χ1v) is 4.14. The van der Waals surface area contributed by atoms with Gasteiger partial charge in [-0.1, -0.05) is 6.92 Å². The molecule has 2 aromatic heterocycles. The van der Waals surface area contributed by atoms with Crippen LogP contribution in [0.25, 0.3) is 5.78 Å². The maximum Gasteiger partial charge on any atom is 0.234 e. The SMILES string of the molecule is CCC(=O)c1cnc2ncccn12. The molecule has 0 aliphatic rings.